The zero-order chi connectivity index (χ0) is 12.3. The molecule has 0 aliphatic rings. The molecule has 0 saturated carbocycles. The van der Waals surface area contributed by atoms with E-state index in [1.54, 1.807) is 24.5 Å². The molecule has 0 spiro atoms. The van der Waals surface area contributed by atoms with Gasteiger partial charge < -0.3 is 16.0 Å². The Morgan fingerprint density at radius 3 is 3.00 bits per heavy atom. The van der Waals surface area contributed by atoms with Crippen LogP contribution in [-0.2, 0) is 0 Å². The predicted molar refractivity (Wildman–Crippen MR) is 66.2 cm³/mol. The number of anilines is 2. The van der Waals surface area contributed by atoms with Crippen molar-refractivity contribution in [3.8, 4) is 6.07 Å². The van der Waals surface area contributed by atoms with Gasteiger partial charge in [0.25, 0.3) is 0 Å². The lowest BCUT2D eigenvalue weighted by atomic mass is 10.1. The first-order valence-electron chi connectivity index (χ1n) is 5.26. The maximum atomic E-state index is 8.88. The molecule has 2 rings (SSSR count). The maximum absolute atomic E-state index is 8.88. The van der Waals surface area contributed by atoms with Gasteiger partial charge in [-0.05, 0) is 19.1 Å². The molecule has 1 aromatic carbocycles. The van der Waals surface area contributed by atoms with E-state index in [0.29, 0.717) is 11.3 Å². The fourth-order valence-corrected chi connectivity index (χ4v) is 1.60. The van der Waals surface area contributed by atoms with Crippen LogP contribution in [0.5, 0.6) is 0 Å². The topological polar surface area (TPSA) is 90.5 Å². The maximum Gasteiger partial charge on any atom is 0.128 e. The summed E-state index contributed by atoms with van der Waals surface area (Å²) in [7, 11) is 0. The summed E-state index contributed by atoms with van der Waals surface area (Å²) in [6, 6.07) is 7.39. The van der Waals surface area contributed by atoms with Gasteiger partial charge in [-0.15, -0.1) is 0 Å². The number of para-hydroxylation sites is 1. The van der Waals surface area contributed by atoms with E-state index in [0.717, 1.165) is 11.5 Å². The minimum atomic E-state index is 0.00115. The number of benzene rings is 1. The monoisotopic (exact) mass is 227 g/mol. The normalized spacial score (nSPS) is 11.8. The van der Waals surface area contributed by atoms with Crippen molar-refractivity contribution in [2.75, 3.05) is 11.1 Å². The predicted octanol–water partition coefficient (Wildman–Crippen LogP) is 2.04. The molecule has 0 saturated heterocycles. The van der Waals surface area contributed by atoms with Gasteiger partial charge in [0.1, 0.15) is 11.9 Å². The number of hydrogen-bond donors (Lipinski definition) is 3. The number of nitriles is 1. The van der Waals surface area contributed by atoms with Crippen LogP contribution in [0, 0.1) is 11.3 Å². The molecule has 1 atom stereocenters. The van der Waals surface area contributed by atoms with Crippen molar-refractivity contribution >= 4 is 11.4 Å². The summed E-state index contributed by atoms with van der Waals surface area (Å²) in [5, 5.41) is 12.1. The molecule has 1 aromatic heterocycles. The lowest BCUT2D eigenvalue weighted by Gasteiger charge is -2.15. The van der Waals surface area contributed by atoms with Crippen molar-refractivity contribution in [1.29, 1.82) is 5.26 Å². The van der Waals surface area contributed by atoms with Crippen LogP contribution < -0.4 is 11.1 Å². The van der Waals surface area contributed by atoms with Gasteiger partial charge in [0, 0.05) is 12.4 Å². The van der Waals surface area contributed by atoms with Crippen LogP contribution in [-0.4, -0.2) is 9.97 Å². The van der Waals surface area contributed by atoms with E-state index >= 15 is 0 Å². The van der Waals surface area contributed by atoms with Gasteiger partial charge >= 0.3 is 0 Å². The Balaban J connectivity index is 2.23. The first kappa shape index (κ1) is 11.0. The van der Waals surface area contributed by atoms with Crippen LogP contribution in [0.25, 0.3) is 0 Å². The highest BCUT2D eigenvalue weighted by Crippen LogP contribution is 2.25. The minimum absolute atomic E-state index is 0.00115. The summed E-state index contributed by atoms with van der Waals surface area (Å²) in [5.74, 6) is 0.826. The largest absolute Gasteiger partial charge is 0.396 e. The van der Waals surface area contributed by atoms with Gasteiger partial charge in [0.15, 0.2) is 0 Å². The number of rotatable bonds is 3. The van der Waals surface area contributed by atoms with Crippen molar-refractivity contribution in [1.82, 2.24) is 9.97 Å². The Morgan fingerprint density at radius 1 is 1.53 bits per heavy atom. The van der Waals surface area contributed by atoms with Crippen LogP contribution in [0.1, 0.15) is 24.4 Å². The quantitative estimate of drug-likeness (QED) is 0.700. The second-order valence-electron chi connectivity index (χ2n) is 3.72. The summed E-state index contributed by atoms with van der Waals surface area (Å²) < 4.78 is 0. The van der Waals surface area contributed by atoms with Gasteiger partial charge in [0.2, 0.25) is 0 Å². The molecule has 0 aliphatic carbocycles. The molecule has 0 fully saturated rings. The molecule has 0 aliphatic heterocycles. The highest BCUT2D eigenvalue weighted by molar-refractivity contribution is 5.73. The molecule has 4 N–H and O–H groups in total. The first-order chi connectivity index (χ1) is 8.22. The van der Waals surface area contributed by atoms with E-state index in [1.165, 1.54) is 0 Å². The molecular weight excluding hydrogens is 214 g/mol. The van der Waals surface area contributed by atoms with Gasteiger partial charge in [-0.1, -0.05) is 6.07 Å². The smallest absolute Gasteiger partial charge is 0.128 e. The zero-order valence-electron chi connectivity index (χ0n) is 9.44. The Morgan fingerprint density at radius 2 is 2.35 bits per heavy atom. The van der Waals surface area contributed by atoms with Crippen LogP contribution in [0.15, 0.2) is 30.6 Å². The molecule has 1 heterocycles. The van der Waals surface area contributed by atoms with Gasteiger partial charge in [-0.2, -0.15) is 5.26 Å². The van der Waals surface area contributed by atoms with Crippen molar-refractivity contribution in [3.05, 3.63) is 42.0 Å². The third-order valence-electron chi connectivity index (χ3n) is 2.53. The fourth-order valence-electron chi connectivity index (χ4n) is 1.60. The van der Waals surface area contributed by atoms with Crippen LogP contribution in [0.2, 0.25) is 0 Å². The summed E-state index contributed by atoms with van der Waals surface area (Å²) in [6.07, 6.45) is 3.46. The molecule has 5 heteroatoms. The molecular formula is C12H13N5. The number of H-pyrrole nitrogens is 1. The molecule has 1 unspecified atom stereocenters. The van der Waals surface area contributed by atoms with Crippen molar-refractivity contribution in [2.45, 2.75) is 13.0 Å². The van der Waals surface area contributed by atoms with Crippen LogP contribution in [0.4, 0.5) is 11.4 Å². The summed E-state index contributed by atoms with van der Waals surface area (Å²) in [5.41, 5.74) is 7.56. The molecule has 5 nitrogen and oxygen atoms in total. The van der Waals surface area contributed by atoms with Gasteiger partial charge in [-0.25, -0.2) is 4.98 Å². The van der Waals surface area contributed by atoms with Crippen molar-refractivity contribution in [2.24, 2.45) is 0 Å². The number of aromatic nitrogens is 2. The second kappa shape index (κ2) is 4.58. The standard InChI is InChI=1S/C12H13N5/c1-8(12-15-5-6-16-12)17-10-4-2-3-9(7-13)11(10)14/h2-6,8,17H,14H2,1H3,(H,15,16). The van der Waals surface area contributed by atoms with Crippen LogP contribution in [0.3, 0.4) is 0 Å². The Labute approximate surface area is 99.3 Å². The molecule has 17 heavy (non-hydrogen) atoms. The number of nitrogen functional groups attached to an aromatic ring is 1. The average Bonchev–Trinajstić information content (AvgIpc) is 2.85. The highest BCUT2D eigenvalue weighted by atomic mass is 15.0. The minimum Gasteiger partial charge on any atom is -0.396 e. The van der Waals surface area contributed by atoms with E-state index in [9.17, 15) is 0 Å². The van der Waals surface area contributed by atoms with E-state index in [1.807, 2.05) is 13.0 Å². The highest BCUT2D eigenvalue weighted by Gasteiger charge is 2.10. The molecule has 0 radical (unpaired) electrons. The molecule has 0 bridgehead atoms. The number of nitrogens with zero attached hydrogens (tertiary/aromatic N) is 2. The van der Waals surface area contributed by atoms with E-state index in [4.69, 9.17) is 11.0 Å². The third-order valence-corrected chi connectivity index (χ3v) is 2.53. The van der Waals surface area contributed by atoms with Crippen LogP contribution >= 0.6 is 0 Å². The van der Waals surface area contributed by atoms with E-state index in [-0.39, 0.29) is 6.04 Å². The lowest BCUT2D eigenvalue weighted by molar-refractivity contribution is 0.810. The van der Waals surface area contributed by atoms with E-state index in [2.05, 4.69) is 21.4 Å². The number of imidazole rings is 1. The second-order valence-corrected chi connectivity index (χ2v) is 3.72. The molecule has 86 valence electrons. The third kappa shape index (κ3) is 2.21. The Kier molecular flexibility index (Phi) is 2.97. The molecule has 0 amide bonds. The average molecular weight is 227 g/mol. The van der Waals surface area contributed by atoms with Gasteiger partial charge in [0.05, 0.1) is 23.0 Å². The van der Waals surface area contributed by atoms with Crippen molar-refractivity contribution in [3.63, 3.8) is 0 Å². The summed E-state index contributed by atoms with van der Waals surface area (Å²) in [6.45, 7) is 1.97. The summed E-state index contributed by atoms with van der Waals surface area (Å²) >= 11 is 0. The zero-order valence-corrected chi connectivity index (χ0v) is 9.44. The SMILES string of the molecule is CC(Nc1cccc(C#N)c1N)c1ncc[nH]1. The number of nitrogens with two attached hydrogens (primary N) is 1. The fraction of sp³-hybridized carbons (Fsp3) is 0.167. The number of hydrogen-bond acceptors (Lipinski definition) is 4. The van der Waals surface area contributed by atoms with Gasteiger partial charge in [-0.3, -0.25) is 0 Å². The van der Waals surface area contributed by atoms with Crippen molar-refractivity contribution < 1.29 is 0 Å². The number of nitrogens with one attached hydrogen (secondary N) is 2. The first-order valence-corrected chi connectivity index (χ1v) is 5.26. The lowest BCUT2D eigenvalue weighted by Crippen LogP contribution is -2.10. The molecule has 2 aromatic rings. The Bertz CT molecular complexity index is 539. The number of aromatic amines is 1. The summed E-state index contributed by atoms with van der Waals surface area (Å²) in [4.78, 5) is 7.19. The Hall–Kier alpha value is -2.48. The van der Waals surface area contributed by atoms with E-state index < -0.39 is 0 Å².